The third kappa shape index (κ3) is 3.61. The van der Waals surface area contributed by atoms with E-state index in [1.165, 1.54) is 21.1 Å². The average molecular weight is 429 g/mol. The van der Waals surface area contributed by atoms with Crippen LogP contribution in [0.5, 0.6) is 0 Å². The molecule has 0 amide bonds. The molecule has 1 nitrogen and oxygen atoms in total. The zero-order valence-electron chi connectivity index (χ0n) is 19.4. The van der Waals surface area contributed by atoms with Crippen LogP contribution in [0, 0.1) is 19.7 Å². The molecule has 0 saturated heterocycles. The predicted octanol–water partition coefficient (Wildman–Crippen LogP) is 5.47. The quantitative estimate of drug-likeness (QED) is 0.300. The fourth-order valence-corrected chi connectivity index (χ4v) is 6.95. The normalized spacial score (nSPS) is 11.8. The highest BCUT2D eigenvalue weighted by Crippen LogP contribution is 2.32. The number of halogens is 1. The number of hydrogen-bond donors (Lipinski definition) is 0. The number of benzene rings is 3. The lowest BCUT2D eigenvalue weighted by Gasteiger charge is -2.24. The maximum Gasteiger partial charge on any atom is 0.220 e. The Bertz CT molecular complexity index is 1280. The Morgan fingerprint density at radius 1 is 0.871 bits per heavy atom. The van der Waals surface area contributed by atoms with E-state index in [-0.39, 0.29) is 5.82 Å². The topological polar surface area (TPSA) is 3.88 Å². The van der Waals surface area contributed by atoms with Crippen LogP contribution in [0.25, 0.3) is 22.0 Å². The zero-order chi connectivity index (χ0) is 22.3. The van der Waals surface area contributed by atoms with Crippen LogP contribution in [0.1, 0.15) is 23.6 Å². The monoisotopic (exact) mass is 428 g/mol. The van der Waals surface area contributed by atoms with E-state index in [1.54, 1.807) is 0 Å². The Balaban J connectivity index is 1.94. The summed E-state index contributed by atoms with van der Waals surface area (Å²) >= 11 is 0. The highest BCUT2D eigenvalue weighted by molar-refractivity contribution is 7.00. The highest BCUT2D eigenvalue weighted by Gasteiger charge is 2.27. The maximum atomic E-state index is 14.7. The number of rotatable bonds is 4. The van der Waals surface area contributed by atoms with Crippen molar-refractivity contribution in [2.75, 3.05) is 0 Å². The van der Waals surface area contributed by atoms with Gasteiger partial charge in [-0.2, -0.15) is 0 Å². The van der Waals surface area contributed by atoms with Crippen LogP contribution in [0.2, 0.25) is 13.1 Å². The number of pyridine rings is 1. The minimum atomic E-state index is -1.78. The molecule has 0 aliphatic carbocycles. The van der Waals surface area contributed by atoms with Gasteiger partial charge in [-0.3, -0.25) is 0 Å². The summed E-state index contributed by atoms with van der Waals surface area (Å²) in [6.07, 6.45) is 2.82. The lowest BCUT2D eigenvalue weighted by molar-refractivity contribution is -0.659. The molecule has 0 bridgehead atoms. The predicted molar refractivity (Wildman–Crippen MR) is 133 cm³/mol. The first kappa shape index (κ1) is 21.4. The summed E-state index contributed by atoms with van der Waals surface area (Å²) in [7, 11) is 0.297. The van der Waals surface area contributed by atoms with Crippen molar-refractivity contribution in [2.45, 2.75) is 40.3 Å². The molecule has 158 valence electrons. The largest absolute Gasteiger partial charge is 0.220 e. The second-order valence-corrected chi connectivity index (χ2v) is 13.5. The Morgan fingerprint density at radius 2 is 1.58 bits per heavy atom. The van der Waals surface area contributed by atoms with Crippen LogP contribution in [0.4, 0.5) is 4.39 Å². The van der Waals surface area contributed by atoms with Crippen molar-refractivity contribution >= 4 is 29.2 Å². The summed E-state index contributed by atoms with van der Waals surface area (Å²) in [5.74, 6) is -0.0652. The fourth-order valence-electron chi connectivity index (χ4n) is 4.57. The molecule has 31 heavy (non-hydrogen) atoms. The van der Waals surface area contributed by atoms with E-state index in [0.29, 0.717) is 6.42 Å². The molecule has 0 fully saturated rings. The van der Waals surface area contributed by atoms with Gasteiger partial charge in [-0.05, 0) is 54.5 Å². The molecule has 1 aromatic heterocycles. The SMILES string of the molecule is CCc1cc(-c2c3ccc([Si](C)(C)c4ccccc4)cc3cc[n+]2C)c(C)c(C)c1F. The summed E-state index contributed by atoms with van der Waals surface area (Å²) < 4.78 is 16.9. The molecule has 0 spiro atoms. The van der Waals surface area contributed by atoms with Crippen molar-refractivity contribution in [1.82, 2.24) is 0 Å². The standard InChI is InChI=1S/C28H31FNSi/c1-7-21-18-26(19(2)20(3)27(21)29)28-25-14-13-24(17-22(25)15-16-30(28)4)31(5,6)23-11-9-8-10-12-23/h8-18H,7H2,1-6H3/q+1. The van der Waals surface area contributed by atoms with Gasteiger partial charge in [0.2, 0.25) is 5.69 Å². The van der Waals surface area contributed by atoms with Gasteiger partial charge in [0, 0.05) is 6.07 Å². The molecule has 0 aliphatic heterocycles. The number of hydrogen-bond acceptors (Lipinski definition) is 0. The van der Waals surface area contributed by atoms with Gasteiger partial charge in [0.25, 0.3) is 0 Å². The Morgan fingerprint density at radius 3 is 2.26 bits per heavy atom. The minimum absolute atomic E-state index is 0.0652. The van der Waals surface area contributed by atoms with Crippen LogP contribution >= 0.6 is 0 Å². The third-order valence-electron chi connectivity index (χ3n) is 6.89. The molecule has 0 saturated carbocycles. The first-order chi connectivity index (χ1) is 14.8. The lowest BCUT2D eigenvalue weighted by atomic mass is 9.93. The minimum Gasteiger partial charge on any atom is -0.206 e. The molecule has 0 N–H and O–H groups in total. The summed E-state index contributed by atoms with van der Waals surface area (Å²) in [5.41, 5.74) is 4.82. The van der Waals surface area contributed by atoms with E-state index in [0.717, 1.165) is 27.9 Å². The molecule has 4 aromatic rings. The van der Waals surface area contributed by atoms with Gasteiger partial charge in [-0.1, -0.05) is 72.9 Å². The Hall–Kier alpha value is -2.78. The highest BCUT2D eigenvalue weighted by atomic mass is 28.3. The Kier molecular flexibility index (Phi) is 5.57. The van der Waals surface area contributed by atoms with Crippen molar-refractivity contribution in [3.8, 4) is 11.3 Å². The van der Waals surface area contributed by atoms with Gasteiger partial charge in [0.15, 0.2) is 6.20 Å². The van der Waals surface area contributed by atoms with E-state index >= 15 is 0 Å². The average Bonchev–Trinajstić information content (AvgIpc) is 2.78. The molecule has 0 atom stereocenters. The molecule has 1 heterocycles. The summed E-state index contributed by atoms with van der Waals surface area (Å²) in [5, 5.41) is 5.31. The fraction of sp³-hybridized carbons (Fsp3) is 0.250. The Labute approximate surface area is 186 Å². The first-order valence-corrected chi connectivity index (χ1v) is 14.0. The van der Waals surface area contributed by atoms with Gasteiger partial charge in [-0.25, -0.2) is 8.96 Å². The second-order valence-electron chi connectivity index (χ2n) is 9.07. The van der Waals surface area contributed by atoms with E-state index in [4.69, 9.17) is 0 Å². The first-order valence-electron chi connectivity index (χ1n) is 11.0. The van der Waals surface area contributed by atoms with E-state index in [1.807, 2.05) is 26.8 Å². The van der Waals surface area contributed by atoms with Crippen molar-refractivity contribution in [3.63, 3.8) is 0 Å². The zero-order valence-corrected chi connectivity index (χ0v) is 20.4. The van der Waals surface area contributed by atoms with E-state index in [9.17, 15) is 4.39 Å². The third-order valence-corrected chi connectivity index (χ3v) is 10.4. The molecule has 0 aliphatic rings. The molecule has 3 aromatic carbocycles. The molecule has 0 radical (unpaired) electrons. The smallest absolute Gasteiger partial charge is 0.206 e. The maximum absolute atomic E-state index is 14.7. The van der Waals surface area contributed by atoms with Crippen molar-refractivity contribution in [1.29, 1.82) is 0 Å². The molecule has 4 rings (SSSR count). The van der Waals surface area contributed by atoms with Crippen LogP contribution in [0.15, 0.2) is 66.9 Å². The van der Waals surface area contributed by atoms with Crippen LogP contribution in [0.3, 0.4) is 0 Å². The molecular formula is C28H31FNSi+. The molecule has 3 heteroatoms. The van der Waals surface area contributed by atoms with Crippen molar-refractivity contribution in [2.24, 2.45) is 7.05 Å². The van der Waals surface area contributed by atoms with Gasteiger partial charge in [0.05, 0.1) is 10.9 Å². The van der Waals surface area contributed by atoms with Crippen LogP contribution in [-0.2, 0) is 13.5 Å². The summed E-state index contributed by atoms with van der Waals surface area (Å²) in [6.45, 7) is 10.8. The van der Waals surface area contributed by atoms with Crippen LogP contribution in [-0.4, -0.2) is 8.07 Å². The molecular weight excluding hydrogens is 397 g/mol. The van der Waals surface area contributed by atoms with E-state index < -0.39 is 8.07 Å². The summed E-state index contributed by atoms with van der Waals surface area (Å²) in [4.78, 5) is 0. The number of nitrogens with zero attached hydrogens (tertiary/aromatic N) is 1. The van der Waals surface area contributed by atoms with Gasteiger partial charge < -0.3 is 0 Å². The number of aryl methyl sites for hydroxylation is 2. The van der Waals surface area contributed by atoms with Crippen molar-refractivity contribution in [3.05, 3.63) is 89.4 Å². The van der Waals surface area contributed by atoms with Crippen molar-refractivity contribution < 1.29 is 8.96 Å². The van der Waals surface area contributed by atoms with Gasteiger partial charge in [-0.15, -0.1) is 0 Å². The molecule has 0 unspecified atom stereocenters. The number of fused-ring (bicyclic) bond motifs is 1. The lowest BCUT2D eigenvalue weighted by Crippen LogP contribution is -2.52. The van der Waals surface area contributed by atoms with E-state index in [2.05, 4.69) is 85.5 Å². The second kappa shape index (κ2) is 8.05. The van der Waals surface area contributed by atoms with Crippen LogP contribution < -0.4 is 14.9 Å². The number of aromatic nitrogens is 1. The summed E-state index contributed by atoms with van der Waals surface area (Å²) in [6, 6.07) is 22.0. The van der Waals surface area contributed by atoms with Gasteiger partial charge >= 0.3 is 0 Å². The van der Waals surface area contributed by atoms with Gasteiger partial charge in [0.1, 0.15) is 20.9 Å².